The van der Waals surface area contributed by atoms with E-state index in [1.54, 1.807) is 37.4 Å². The molecule has 4 aromatic carbocycles. The first-order valence-electron chi connectivity index (χ1n) is 15.9. The molecule has 0 aliphatic heterocycles. The predicted molar refractivity (Wildman–Crippen MR) is 191 cm³/mol. The van der Waals surface area contributed by atoms with Gasteiger partial charge in [0.2, 0.25) is 11.8 Å². The van der Waals surface area contributed by atoms with Crippen LogP contribution >= 0.6 is 11.6 Å². The Kier molecular flexibility index (Phi) is 13.3. The number of ether oxygens (including phenoxy) is 3. The van der Waals surface area contributed by atoms with Crippen molar-refractivity contribution in [2.24, 2.45) is 0 Å². The maximum absolute atomic E-state index is 14.7. The van der Waals surface area contributed by atoms with Crippen LogP contribution in [0.3, 0.4) is 0 Å². The summed E-state index contributed by atoms with van der Waals surface area (Å²) in [6, 6.07) is 26.0. The smallest absolute Gasteiger partial charge is 0.264 e. The lowest BCUT2D eigenvalue weighted by Crippen LogP contribution is -2.53. The molecular weight excluding hydrogens is 666 g/mol. The molecule has 1 N–H and O–H groups in total. The van der Waals surface area contributed by atoms with Crippen molar-refractivity contribution in [1.82, 2.24) is 10.2 Å². The fourth-order valence-corrected chi connectivity index (χ4v) is 6.82. The van der Waals surface area contributed by atoms with Gasteiger partial charge in [-0.05, 0) is 66.1 Å². The topological polar surface area (TPSA) is 114 Å². The zero-order chi connectivity index (χ0) is 35.4. The molecule has 260 valence electrons. The van der Waals surface area contributed by atoms with Gasteiger partial charge >= 0.3 is 0 Å². The average molecular weight is 708 g/mol. The van der Waals surface area contributed by atoms with E-state index in [2.05, 4.69) is 5.32 Å². The van der Waals surface area contributed by atoms with Crippen LogP contribution in [0.4, 0.5) is 5.69 Å². The number of sulfonamides is 1. The van der Waals surface area contributed by atoms with Crippen molar-refractivity contribution >= 4 is 39.1 Å². The van der Waals surface area contributed by atoms with Gasteiger partial charge in [0.1, 0.15) is 18.3 Å². The van der Waals surface area contributed by atoms with E-state index in [9.17, 15) is 18.0 Å². The molecule has 1 atom stereocenters. The van der Waals surface area contributed by atoms with E-state index in [0.717, 1.165) is 22.7 Å². The van der Waals surface area contributed by atoms with Gasteiger partial charge in [0.05, 0.1) is 31.9 Å². The first kappa shape index (κ1) is 37.1. The Morgan fingerprint density at radius 2 is 1.51 bits per heavy atom. The Labute approximate surface area is 293 Å². The molecule has 0 saturated carbocycles. The zero-order valence-electron chi connectivity index (χ0n) is 28.1. The van der Waals surface area contributed by atoms with Gasteiger partial charge in [-0.3, -0.25) is 13.9 Å². The predicted octanol–water partition coefficient (Wildman–Crippen LogP) is 6.12. The second-order valence-electron chi connectivity index (χ2n) is 11.2. The van der Waals surface area contributed by atoms with Gasteiger partial charge < -0.3 is 24.4 Å². The maximum Gasteiger partial charge on any atom is 0.264 e. The highest BCUT2D eigenvalue weighted by atomic mass is 35.5. The average Bonchev–Trinajstić information content (AvgIpc) is 3.12. The minimum Gasteiger partial charge on any atom is -0.497 e. The largest absolute Gasteiger partial charge is 0.497 e. The molecule has 2 amide bonds. The van der Waals surface area contributed by atoms with E-state index >= 15 is 0 Å². The number of nitrogens with zero attached hydrogens (tertiary/aromatic N) is 2. The molecule has 0 radical (unpaired) electrons. The number of rotatable bonds is 17. The fourth-order valence-electron chi connectivity index (χ4n) is 5.27. The van der Waals surface area contributed by atoms with E-state index in [4.69, 9.17) is 25.8 Å². The monoisotopic (exact) mass is 707 g/mol. The van der Waals surface area contributed by atoms with Gasteiger partial charge in [-0.2, -0.15) is 0 Å². The van der Waals surface area contributed by atoms with E-state index in [-0.39, 0.29) is 35.2 Å². The molecule has 0 bridgehead atoms. The number of unbranched alkanes of at least 4 members (excludes halogenated alkanes) is 1. The van der Waals surface area contributed by atoms with E-state index in [0.29, 0.717) is 28.6 Å². The third-order valence-corrected chi connectivity index (χ3v) is 9.95. The van der Waals surface area contributed by atoms with E-state index < -0.39 is 28.5 Å². The molecular formula is C37H42ClN3O7S. The number of hydrogen-bond acceptors (Lipinski definition) is 7. The van der Waals surface area contributed by atoms with Crippen molar-refractivity contribution in [2.45, 2.75) is 43.7 Å². The number of methoxy groups -OCH3 is 3. The Hall–Kier alpha value is -4.74. The Morgan fingerprint density at radius 1 is 0.816 bits per heavy atom. The van der Waals surface area contributed by atoms with Crippen molar-refractivity contribution < 1.29 is 32.2 Å². The zero-order valence-corrected chi connectivity index (χ0v) is 29.7. The molecule has 10 nitrogen and oxygen atoms in total. The number of benzene rings is 4. The molecule has 12 heteroatoms. The molecule has 0 aliphatic rings. The quantitative estimate of drug-likeness (QED) is 0.132. The summed E-state index contributed by atoms with van der Waals surface area (Å²) < 4.78 is 45.9. The highest BCUT2D eigenvalue weighted by Crippen LogP contribution is 2.33. The number of anilines is 1. The Balaban J connectivity index is 1.82. The number of carbonyl (C=O) groups excluding carboxylic acids is 2. The van der Waals surface area contributed by atoms with Crippen molar-refractivity contribution in [3.63, 3.8) is 0 Å². The van der Waals surface area contributed by atoms with Crippen molar-refractivity contribution in [2.75, 3.05) is 38.7 Å². The summed E-state index contributed by atoms with van der Waals surface area (Å²) >= 11 is 6.17. The van der Waals surface area contributed by atoms with E-state index in [1.165, 1.54) is 49.5 Å². The van der Waals surface area contributed by atoms with Crippen LogP contribution in [-0.4, -0.2) is 65.6 Å². The van der Waals surface area contributed by atoms with Crippen LogP contribution < -0.4 is 23.8 Å². The first-order chi connectivity index (χ1) is 23.6. The summed E-state index contributed by atoms with van der Waals surface area (Å²) in [6.07, 6.45) is 1.85. The molecule has 0 aliphatic carbocycles. The summed E-state index contributed by atoms with van der Waals surface area (Å²) in [4.78, 5) is 29.9. The molecule has 0 heterocycles. The summed E-state index contributed by atoms with van der Waals surface area (Å²) in [5.41, 5.74) is 1.75. The van der Waals surface area contributed by atoms with Crippen LogP contribution in [0, 0.1) is 0 Å². The van der Waals surface area contributed by atoms with Crippen LogP contribution in [0.1, 0.15) is 30.9 Å². The van der Waals surface area contributed by atoms with Crippen LogP contribution in [0.25, 0.3) is 0 Å². The highest BCUT2D eigenvalue weighted by molar-refractivity contribution is 7.92. The molecule has 0 aromatic heterocycles. The molecule has 0 unspecified atom stereocenters. The summed E-state index contributed by atoms with van der Waals surface area (Å²) in [6.45, 7) is 1.86. The van der Waals surface area contributed by atoms with Crippen LogP contribution in [-0.2, 0) is 32.6 Å². The number of nitrogens with one attached hydrogen (secondary N) is 1. The third kappa shape index (κ3) is 9.67. The maximum atomic E-state index is 14.7. The summed E-state index contributed by atoms with van der Waals surface area (Å²) in [7, 11) is 0.0303. The van der Waals surface area contributed by atoms with Gasteiger partial charge in [-0.1, -0.05) is 67.4 Å². The second kappa shape index (κ2) is 17.6. The van der Waals surface area contributed by atoms with Gasteiger partial charge in [-0.25, -0.2) is 8.42 Å². The van der Waals surface area contributed by atoms with Crippen molar-refractivity contribution in [3.05, 3.63) is 113 Å². The fraction of sp³-hybridized carbons (Fsp3) is 0.297. The van der Waals surface area contributed by atoms with Crippen LogP contribution in [0.2, 0.25) is 5.02 Å². The lowest BCUT2D eigenvalue weighted by Gasteiger charge is -2.34. The van der Waals surface area contributed by atoms with Crippen molar-refractivity contribution in [3.8, 4) is 17.2 Å². The molecule has 0 fully saturated rings. The number of halogens is 1. The number of carbonyl (C=O) groups is 2. The van der Waals surface area contributed by atoms with Gasteiger partial charge in [-0.15, -0.1) is 0 Å². The lowest BCUT2D eigenvalue weighted by molar-refractivity contribution is -0.140. The summed E-state index contributed by atoms with van der Waals surface area (Å²) in [5.74, 6) is 0.202. The van der Waals surface area contributed by atoms with Crippen molar-refractivity contribution in [1.29, 1.82) is 0 Å². The minimum absolute atomic E-state index is 0.0135. The SMILES string of the molecule is CCCCNC(=O)[C@@H](Cc1ccccc1)N(Cc1cccc(OC)c1)C(=O)CN(c1ccc(Cl)cc1)S(=O)(=O)c1ccc(OC)c(OC)c1. The van der Waals surface area contributed by atoms with Gasteiger partial charge in [0.15, 0.2) is 11.5 Å². The Morgan fingerprint density at radius 3 is 2.16 bits per heavy atom. The number of amides is 2. The number of hydrogen-bond donors (Lipinski definition) is 1. The summed E-state index contributed by atoms with van der Waals surface area (Å²) in [5, 5.41) is 3.38. The standard InChI is InChI=1S/C37H42ClN3O7S/c1-5-6-21-39-37(43)33(23-27-11-8-7-9-12-27)40(25-28-13-10-14-31(22-28)46-2)36(42)26-41(30-17-15-29(38)16-18-30)49(44,45)32-19-20-34(47-3)35(24-32)48-4/h7-20,22,24,33H,5-6,21,23,25-26H2,1-4H3,(H,39,43)/t33-/m1/s1. The Bertz CT molecular complexity index is 1800. The molecule has 4 rings (SSSR count). The molecule has 0 spiro atoms. The van der Waals surface area contributed by atoms with Gasteiger partial charge in [0.25, 0.3) is 10.0 Å². The third-order valence-electron chi connectivity index (χ3n) is 7.92. The molecule has 4 aromatic rings. The molecule has 49 heavy (non-hydrogen) atoms. The second-order valence-corrected chi connectivity index (χ2v) is 13.5. The van der Waals surface area contributed by atoms with E-state index in [1.807, 2.05) is 43.3 Å². The van der Waals surface area contributed by atoms with Gasteiger partial charge in [0, 0.05) is 30.6 Å². The molecule has 0 saturated heterocycles. The highest BCUT2D eigenvalue weighted by Gasteiger charge is 2.35. The van der Waals surface area contributed by atoms with Crippen LogP contribution in [0.5, 0.6) is 17.2 Å². The first-order valence-corrected chi connectivity index (χ1v) is 17.7. The minimum atomic E-state index is -4.37. The normalized spacial score (nSPS) is 11.7. The lowest BCUT2D eigenvalue weighted by atomic mass is 10.0. The van der Waals surface area contributed by atoms with Crippen LogP contribution in [0.15, 0.2) is 102 Å².